The Morgan fingerprint density at radius 1 is 1.03 bits per heavy atom. The Balaban J connectivity index is 1.33. The van der Waals surface area contributed by atoms with Crippen molar-refractivity contribution in [2.45, 2.75) is 32.0 Å². The van der Waals surface area contributed by atoms with Crippen LogP contribution in [0.1, 0.15) is 36.0 Å². The van der Waals surface area contributed by atoms with Crippen LogP contribution < -0.4 is 4.74 Å². The highest BCUT2D eigenvalue weighted by Gasteiger charge is 2.33. The van der Waals surface area contributed by atoms with Crippen LogP contribution in [0.2, 0.25) is 0 Å². The fourth-order valence-corrected chi connectivity index (χ4v) is 5.25. The van der Waals surface area contributed by atoms with E-state index >= 15 is 0 Å². The van der Waals surface area contributed by atoms with Gasteiger partial charge >= 0.3 is 6.18 Å². The smallest absolute Gasteiger partial charge is 0.417 e. The molecular weight excluding hydrogens is 495 g/mol. The average molecular weight is 518 g/mol. The summed E-state index contributed by atoms with van der Waals surface area (Å²) in [6.45, 7) is 2.62. The minimum atomic E-state index is -4.42. The van der Waals surface area contributed by atoms with Gasteiger partial charge in [0.1, 0.15) is 18.9 Å². The maximum absolute atomic E-state index is 13.6. The van der Waals surface area contributed by atoms with Gasteiger partial charge in [-0.05, 0) is 64.5 Å². The van der Waals surface area contributed by atoms with E-state index in [9.17, 15) is 13.2 Å². The summed E-state index contributed by atoms with van der Waals surface area (Å²) in [7, 11) is 0. The molecule has 4 aromatic rings. The largest absolute Gasteiger partial charge is 0.489 e. The summed E-state index contributed by atoms with van der Waals surface area (Å²) >= 11 is 1.43. The summed E-state index contributed by atoms with van der Waals surface area (Å²) < 4.78 is 47.8. The third kappa shape index (κ3) is 5.57. The third-order valence-electron chi connectivity index (χ3n) is 6.11. The second kappa shape index (κ2) is 10.6. The van der Waals surface area contributed by atoms with E-state index in [1.54, 1.807) is 11.4 Å². The number of fused-ring (bicyclic) bond motifs is 1. The molecule has 0 radical (unpaired) electrons. The van der Waals surface area contributed by atoms with Gasteiger partial charge in [-0.3, -0.25) is 0 Å². The highest BCUT2D eigenvalue weighted by molar-refractivity contribution is 7.17. The van der Waals surface area contributed by atoms with E-state index in [-0.39, 0.29) is 11.5 Å². The van der Waals surface area contributed by atoms with E-state index in [0.29, 0.717) is 30.9 Å². The van der Waals surface area contributed by atoms with Gasteiger partial charge in [0.2, 0.25) is 0 Å². The molecule has 0 fully saturated rings. The number of ether oxygens (including phenoxy) is 1. The molecule has 3 aromatic carbocycles. The quantitative estimate of drug-likeness (QED) is 0.227. The van der Waals surface area contributed by atoms with Crippen LogP contribution in [-0.4, -0.2) is 12.3 Å². The van der Waals surface area contributed by atoms with E-state index in [4.69, 9.17) is 4.74 Å². The lowest BCUT2D eigenvalue weighted by Crippen LogP contribution is -2.07. The minimum Gasteiger partial charge on any atom is -0.489 e. The number of benzene rings is 3. The standard InChI is InChI=1S/C29H22F3N3OS/c1-2-5-21(15-22-16-33-35-34-22)20-9-11-23(12-10-20)36-17-19-8-13-28-25(14-19)26(18-37-28)24-6-3-4-7-27(24)29(30,31)32/h3-4,6-14,18,21H,15-17H2,1H3/t21-/m0/s1. The fourth-order valence-electron chi connectivity index (χ4n) is 4.31. The van der Waals surface area contributed by atoms with Crippen molar-refractivity contribution in [2.24, 2.45) is 15.4 Å². The Bertz CT molecular complexity index is 1540. The lowest BCUT2D eigenvalue weighted by atomic mass is 9.94. The molecule has 1 aromatic heterocycles. The number of rotatable bonds is 7. The van der Waals surface area contributed by atoms with E-state index in [1.807, 2.05) is 49.4 Å². The van der Waals surface area contributed by atoms with Gasteiger partial charge in [-0.25, -0.2) is 0 Å². The average Bonchev–Trinajstić information content (AvgIpc) is 3.57. The van der Waals surface area contributed by atoms with Gasteiger partial charge in [0, 0.05) is 22.1 Å². The van der Waals surface area contributed by atoms with Gasteiger partial charge < -0.3 is 4.74 Å². The Hall–Kier alpha value is -3.96. The predicted molar refractivity (Wildman–Crippen MR) is 141 cm³/mol. The molecule has 1 atom stereocenters. The van der Waals surface area contributed by atoms with E-state index < -0.39 is 11.7 Å². The molecule has 0 spiro atoms. The van der Waals surface area contributed by atoms with Gasteiger partial charge in [-0.15, -0.1) is 22.4 Å². The van der Waals surface area contributed by atoms with Crippen molar-refractivity contribution in [2.75, 3.05) is 6.54 Å². The number of thiophene rings is 1. The van der Waals surface area contributed by atoms with Gasteiger partial charge in [-0.2, -0.15) is 18.3 Å². The Morgan fingerprint density at radius 2 is 1.84 bits per heavy atom. The van der Waals surface area contributed by atoms with Crippen LogP contribution >= 0.6 is 11.3 Å². The van der Waals surface area contributed by atoms with E-state index in [2.05, 4.69) is 27.3 Å². The maximum atomic E-state index is 13.6. The molecule has 0 aliphatic carbocycles. The van der Waals surface area contributed by atoms with Gasteiger partial charge in [0.15, 0.2) is 0 Å². The lowest BCUT2D eigenvalue weighted by molar-refractivity contribution is -0.137. The molecule has 5 rings (SSSR count). The highest BCUT2D eigenvalue weighted by atomic mass is 32.1. The molecule has 37 heavy (non-hydrogen) atoms. The van der Waals surface area contributed by atoms with Gasteiger partial charge in [0.25, 0.3) is 0 Å². The van der Waals surface area contributed by atoms with Crippen LogP contribution in [0.3, 0.4) is 0 Å². The Labute approximate surface area is 216 Å². The number of hydrogen-bond donors (Lipinski definition) is 0. The predicted octanol–water partition coefficient (Wildman–Crippen LogP) is 8.48. The van der Waals surface area contributed by atoms with Gasteiger partial charge in [-0.1, -0.05) is 42.3 Å². The van der Waals surface area contributed by atoms with Crippen molar-refractivity contribution in [3.63, 3.8) is 0 Å². The van der Waals surface area contributed by atoms with E-state index in [1.165, 1.54) is 23.5 Å². The first-order valence-electron chi connectivity index (χ1n) is 11.7. The number of halogens is 3. The molecule has 8 heteroatoms. The molecule has 1 aliphatic heterocycles. The molecule has 4 nitrogen and oxygen atoms in total. The second-order valence-electron chi connectivity index (χ2n) is 8.59. The molecule has 0 bridgehead atoms. The second-order valence-corrected chi connectivity index (χ2v) is 9.50. The number of hydrogen-bond acceptors (Lipinski definition) is 5. The molecule has 186 valence electrons. The molecule has 0 N–H and O–H groups in total. The van der Waals surface area contributed by atoms with Crippen LogP contribution in [0.25, 0.3) is 21.2 Å². The molecule has 0 saturated carbocycles. The first kappa shape index (κ1) is 24.7. The van der Waals surface area contributed by atoms with Gasteiger partial charge in [0.05, 0.1) is 17.2 Å². The highest BCUT2D eigenvalue weighted by Crippen LogP contribution is 2.41. The summed E-state index contributed by atoms with van der Waals surface area (Å²) in [5.41, 5.74) is 2.98. The maximum Gasteiger partial charge on any atom is 0.417 e. The summed E-state index contributed by atoms with van der Waals surface area (Å²) in [5, 5.41) is 14.2. The monoisotopic (exact) mass is 517 g/mol. The van der Waals surface area contributed by atoms with Crippen molar-refractivity contribution in [3.05, 3.63) is 88.8 Å². The summed E-state index contributed by atoms with van der Waals surface area (Å²) in [5.74, 6) is 6.91. The van der Waals surface area contributed by atoms with Crippen molar-refractivity contribution in [1.82, 2.24) is 0 Å². The van der Waals surface area contributed by atoms with E-state index in [0.717, 1.165) is 33.0 Å². The van der Waals surface area contributed by atoms with Crippen molar-refractivity contribution in [1.29, 1.82) is 0 Å². The zero-order chi connectivity index (χ0) is 25.8. The first-order chi connectivity index (χ1) is 17.9. The van der Waals surface area contributed by atoms with Crippen molar-refractivity contribution < 1.29 is 17.9 Å². The molecule has 0 saturated heterocycles. The molecular formula is C29H22F3N3OS. The summed E-state index contributed by atoms with van der Waals surface area (Å²) in [4.78, 5) is 0. The topological polar surface area (TPSA) is 46.3 Å². The molecule has 0 unspecified atom stereocenters. The van der Waals surface area contributed by atoms with Crippen LogP contribution in [-0.2, 0) is 12.8 Å². The molecule has 1 aliphatic rings. The summed E-state index contributed by atoms with van der Waals surface area (Å²) in [6, 6.07) is 19.3. The fraction of sp³-hybridized carbons (Fsp3) is 0.207. The van der Waals surface area contributed by atoms with Crippen molar-refractivity contribution >= 4 is 27.1 Å². The molecule has 0 amide bonds. The third-order valence-corrected chi connectivity index (χ3v) is 7.07. The molecule has 2 heterocycles. The Morgan fingerprint density at radius 3 is 2.57 bits per heavy atom. The SMILES string of the molecule is CC#C[C@@H](CC1=NN=NC1)c1ccc(OCc2ccc3scc(-c4ccccc4C(F)(F)F)c3c2)cc1. The zero-order valence-electron chi connectivity index (χ0n) is 19.9. The minimum absolute atomic E-state index is 0.000273. The number of nitrogens with zero attached hydrogens (tertiary/aromatic N) is 3. The van der Waals surface area contributed by atoms with Crippen molar-refractivity contribution in [3.8, 4) is 28.7 Å². The summed E-state index contributed by atoms with van der Waals surface area (Å²) in [6.07, 6.45) is -3.75. The van der Waals surface area contributed by atoms with Crippen LogP contribution in [0.5, 0.6) is 5.75 Å². The lowest BCUT2D eigenvalue weighted by Gasteiger charge is -2.13. The normalized spacial score (nSPS) is 13.8. The first-order valence-corrected chi connectivity index (χ1v) is 12.5. The van der Waals surface area contributed by atoms with Crippen LogP contribution in [0.15, 0.2) is 87.5 Å². The number of alkyl halides is 3. The Kier molecular flexibility index (Phi) is 7.06. The van der Waals surface area contributed by atoms with Crippen LogP contribution in [0, 0.1) is 11.8 Å². The van der Waals surface area contributed by atoms with Crippen LogP contribution in [0.4, 0.5) is 13.2 Å². The zero-order valence-corrected chi connectivity index (χ0v) is 20.7.